The van der Waals surface area contributed by atoms with Crippen molar-refractivity contribution in [1.29, 1.82) is 0 Å². The second-order valence-electron chi connectivity index (χ2n) is 5.92. The fourth-order valence-electron chi connectivity index (χ4n) is 1.92. The van der Waals surface area contributed by atoms with Crippen LogP contribution in [0.1, 0.15) is 20.8 Å². The zero-order valence-corrected chi connectivity index (χ0v) is 13.9. The van der Waals surface area contributed by atoms with E-state index in [2.05, 4.69) is 10.0 Å². The van der Waals surface area contributed by atoms with Crippen LogP contribution in [0, 0.1) is 0 Å². The summed E-state index contributed by atoms with van der Waals surface area (Å²) in [6.07, 6.45) is 0. The molecule has 7 nitrogen and oxygen atoms in total. The quantitative estimate of drug-likeness (QED) is 0.230. The van der Waals surface area contributed by atoms with Gasteiger partial charge in [0.1, 0.15) is 12.2 Å². The first-order chi connectivity index (χ1) is 10.9. The van der Waals surface area contributed by atoms with E-state index >= 15 is 0 Å². The topological polar surface area (TPSA) is 87.5 Å². The number of hydrogen-bond donors (Lipinski definition) is 0. The van der Waals surface area contributed by atoms with Crippen molar-refractivity contribution in [3.63, 3.8) is 0 Å². The van der Waals surface area contributed by atoms with Gasteiger partial charge in [-0.2, -0.15) is 0 Å². The number of nitrogens with zero attached hydrogens (tertiary/aromatic N) is 4. The highest BCUT2D eigenvalue weighted by Crippen LogP contribution is 2.12. The van der Waals surface area contributed by atoms with Crippen LogP contribution < -0.4 is 4.90 Å². The Kier molecular flexibility index (Phi) is 7.94. The van der Waals surface area contributed by atoms with Crippen LogP contribution in [-0.2, 0) is 14.3 Å². The van der Waals surface area contributed by atoms with Crippen LogP contribution in [-0.4, -0.2) is 44.4 Å². The maximum atomic E-state index is 11.6. The van der Waals surface area contributed by atoms with E-state index in [1.165, 1.54) is 0 Å². The Morgan fingerprint density at radius 1 is 1.26 bits per heavy atom. The fourth-order valence-corrected chi connectivity index (χ4v) is 1.92. The fraction of sp³-hybridized carbons (Fsp3) is 0.562. The summed E-state index contributed by atoms with van der Waals surface area (Å²) in [6.45, 7) is 7.31. The number of esters is 1. The summed E-state index contributed by atoms with van der Waals surface area (Å²) >= 11 is 0. The highest BCUT2D eigenvalue weighted by atomic mass is 16.6. The van der Waals surface area contributed by atoms with Crippen LogP contribution >= 0.6 is 0 Å². The van der Waals surface area contributed by atoms with E-state index in [9.17, 15) is 4.79 Å². The molecule has 1 rings (SSSR count). The Hall–Kier alpha value is -2.24. The molecule has 1 aromatic carbocycles. The van der Waals surface area contributed by atoms with Gasteiger partial charge < -0.3 is 14.4 Å². The minimum Gasteiger partial charge on any atom is -0.458 e. The normalized spacial score (nSPS) is 10.7. The van der Waals surface area contributed by atoms with Crippen LogP contribution in [0.3, 0.4) is 0 Å². The molecule has 0 heterocycles. The molecule has 0 fully saturated rings. The number of azide groups is 1. The number of rotatable bonds is 9. The molecule has 0 atom stereocenters. The Morgan fingerprint density at radius 2 is 1.96 bits per heavy atom. The summed E-state index contributed by atoms with van der Waals surface area (Å²) in [5, 5.41) is 3.56. The lowest BCUT2D eigenvalue weighted by Crippen LogP contribution is -2.31. The van der Waals surface area contributed by atoms with Crippen molar-refractivity contribution < 1.29 is 14.3 Å². The number of anilines is 1. The lowest BCUT2D eigenvalue weighted by atomic mass is 10.2. The molecule has 0 amide bonds. The third kappa shape index (κ3) is 8.70. The van der Waals surface area contributed by atoms with Crippen LogP contribution in [0.4, 0.5) is 5.69 Å². The zero-order chi connectivity index (χ0) is 17.1. The van der Waals surface area contributed by atoms with E-state index in [1.54, 1.807) is 0 Å². The molecular weight excluding hydrogens is 296 g/mol. The van der Waals surface area contributed by atoms with Crippen molar-refractivity contribution in [3.05, 3.63) is 40.8 Å². The van der Waals surface area contributed by atoms with Crippen molar-refractivity contribution in [3.8, 4) is 0 Å². The Morgan fingerprint density at radius 3 is 2.57 bits per heavy atom. The van der Waals surface area contributed by atoms with Gasteiger partial charge in [0.25, 0.3) is 0 Å². The van der Waals surface area contributed by atoms with E-state index in [1.807, 2.05) is 56.0 Å². The van der Waals surface area contributed by atoms with Crippen molar-refractivity contribution in [1.82, 2.24) is 0 Å². The Bertz CT molecular complexity index is 522. The van der Waals surface area contributed by atoms with Gasteiger partial charge in [-0.05, 0) is 38.4 Å². The third-order valence-corrected chi connectivity index (χ3v) is 2.80. The highest BCUT2D eigenvalue weighted by Gasteiger charge is 2.16. The number of benzene rings is 1. The van der Waals surface area contributed by atoms with Gasteiger partial charge in [-0.15, -0.1) is 0 Å². The summed E-state index contributed by atoms with van der Waals surface area (Å²) in [5.41, 5.74) is 8.89. The summed E-state index contributed by atoms with van der Waals surface area (Å²) in [5.74, 6) is -0.377. The molecule has 7 heteroatoms. The van der Waals surface area contributed by atoms with Crippen LogP contribution in [0.2, 0.25) is 0 Å². The molecule has 0 unspecified atom stereocenters. The first-order valence-corrected chi connectivity index (χ1v) is 7.53. The highest BCUT2D eigenvalue weighted by molar-refractivity contribution is 5.71. The number of para-hydroxylation sites is 1. The number of hydrogen-bond acceptors (Lipinski definition) is 5. The van der Waals surface area contributed by atoms with Crippen molar-refractivity contribution in [2.45, 2.75) is 26.4 Å². The zero-order valence-electron chi connectivity index (χ0n) is 13.9. The molecule has 0 saturated carbocycles. The van der Waals surface area contributed by atoms with Gasteiger partial charge in [0.05, 0.1) is 6.61 Å². The van der Waals surface area contributed by atoms with E-state index in [0.29, 0.717) is 26.2 Å². The second kappa shape index (κ2) is 9.71. The van der Waals surface area contributed by atoms with Crippen LogP contribution in [0.25, 0.3) is 10.4 Å². The minimum absolute atomic E-state index is 0.0732. The molecule has 126 valence electrons. The van der Waals surface area contributed by atoms with E-state index in [4.69, 9.17) is 15.0 Å². The standard InChI is InChI=1S/C16H24N4O3/c1-16(2,3)23-15(21)13-22-12-11-20(10-9-18-19-17)14-7-5-4-6-8-14/h4-8H,9-13H2,1-3H3. The van der Waals surface area contributed by atoms with Crippen molar-refractivity contribution in [2.75, 3.05) is 37.7 Å². The molecule has 0 spiro atoms. The molecule has 0 aliphatic rings. The lowest BCUT2D eigenvalue weighted by Gasteiger charge is -2.24. The number of carbonyl (C=O) groups is 1. The van der Waals surface area contributed by atoms with Crippen molar-refractivity contribution in [2.24, 2.45) is 5.11 Å². The maximum Gasteiger partial charge on any atom is 0.332 e. The molecule has 0 bridgehead atoms. The second-order valence-corrected chi connectivity index (χ2v) is 5.92. The molecule has 1 aromatic rings. The van der Waals surface area contributed by atoms with Gasteiger partial charge in [0, 0.05) is 30.2 Å². The molecule has 0 radical (unpaired) electrons. The van der Waals surface area contributed by atoms with Gasteiger partial charge >= 0.3 is 5.97 Å². The maximum absolute atomic E-state index is 11.6. The molecule has 0 aromatic heterocycles. The van der Waals surface area contributed by atoms with E-state index < -0.39 is 5.60 Å². The largest absolute Gasteiger partial charge is 0.458 e. The summed E-state index contributed by atoms with van der Waals surface area (Å²) in [7, 11) is 0. The van der Waals surface area contributed by atoms with Gasteiger partial charge in [0.15, 0.2) is 0 Å². The summed E-state index contributed by atoms with van der Waals surface area (Å²) in [6, 6.07) is 9.77. The Labute approximate surface area is 136 Å². The molecule has 23 heavy (non-hydrogen) atoms. The predicted molar refractivity (Wildman–Crippen MR) is 89.3 cm³/mol. The molecule has 0 saturated heterocycles. The monoisotopic (exact) mass is 320 g/mol. The first-order valence-electron chi connectivity index (χ1n) is 7.53. The number of ether oxygens (including phenoxy) is 2. The predicted octanol–water partition coefficient (Wildman–Crippen LogP) is 3.16. The van der Waals surface area contributed by atoms with Crippen LogP contribution in [0.15, 0.2) is 35.4 Å². The summed E-state index contributed by atoms with van der Waals surface area (Å²) in [4.78, 5) is 16.4. The lowest BCUT2D eigenvalue weighted by molar-refractivity contribution is -0.160. The van der Waals surface area contributed by atoms with Gasteiger partial charge in [-0.3, -0.25) is 0 Å². The third-order valence-electron chi connectivity index (χ3n) is 2.80. The van der Waals surface area contributed by atoms with E-state index in [0.717, 1.165) is 5.69 Å². The molecular formula is C16H24N4O3. The summed E-state index contributed by atoms with van der Waals surface area (Å²) < 4.78 is 10.6. The molecule has 0 aliphatic heterocycles. The van der Waals surface area contributed by atoms with Crippen molar-refractivity contribution >= 4 is 11.7 Å². The molecule has 0 N–H and O–H groups in total. The average molecular weight is 320 g/mol. The molecule has 0 aliphatic carbocycles. The first kappa shape index (κ1) is 18.8. The average Bonchev–Trinajstić information content (AvgIpc) is 2.49. The van der Waals surface area contributed by atoms with Gasteiger partial charge in [-0.25, -0.2) is 4.79 Å². The Balaban J connectivity index is 2.42. The van der Waals surface area contributed by atoms with E-state index in [-0.39, 0.29) is 12.6 Å². The minimum atomic E-state index is -0.508. The number of carbonyl (C=O) groups excluding carboxylic acids is 1. The van der Waals surface area contributed by atoms with Crippen LogP contribution in [0.5, 0.6) is 0 Å². The van der Waals surface area contributed by atoms with Gasteiger partial charge in [-0.1, -0.05) is 23.3 Å². The SMILES string of the molecule is CC(C)(C)OC(=O)COCCN(CCN=[N+]=[N-])c1ccccc1. The smallest absolute Gasteiger partial charge is 0.332 e. The van der Waals surface area contributed by atoms with Gasteiger partial charge in [0.2, 0.25) is 0 Å².